The third-order valence-electron chi connectivity index (χ3n) is 2.79. The Morgan fingerprint density at radius 3 is 2.53 bits per heavy atom. The Balaban J connectivity index is 2.13. The first-order chi connectivity index (χ1) is 9.08. The maximum Gasteiger partial charge on any atom is 0.340 e. The molecule has 0 saturated heterocycles. The van der Waals surface area contributed by atoms with E-state index in [0.29, 0.717) is 11.3 Å². The molecule has 0 spiro atoms. The summed E-state index contributed by atoms with van der Waals surface area (Å²) in [6, 6.07) is 12.9. The molecule has 2 aromatic carbocycles. The number of hydrogen-bond donors (Lipinski definition) is 2. The van der Waals surface area contributed by atoms with Crippen molar-refractivity contribution >= 4 is 17.3 Å². The second-order valence-electron chi connectivity index (χ2n) is 4.38. The van der Waals surface area contributed by atoms with Gasteiger partial charge in [-0.2, -0.15) is 0 Å². The molecule has 19 heavy (non-hydrogen) atoms. The van der Waals surface area contributed by atoms with E-state index >= 15 is 0 Å². The molecule has 0 saturated carbocycles. The molecule has 0 unspecified atom stereocenters. The molecule has 0 bridgehead atoms. The number of carbonyl (C=O) groups excluding carboxylic acids is 1. The smallest absolute Gasteiger partial charge is 0.340 e. The van der Waals surface area contributed by atoms with E-state index in [-0.39, 0.29) is 12.3 Å². The third kappa shape index (κ3) is 3.04. The topological polar surface area (TPSA) is 78.3 Å². The number of carbonyl (C=O) groups is 1. The molecular weight excluding hydrogens is 240 g/mol. The summed E-state index contributed by atoms with van der Waals surface area (Å²) in [5.74, 6) is -0.461. The first-order valence-electron chi connectivity index (χ1n) is 5.94. The molecule has 0 amide bonds. The zero-order valence-electron chi connectivity index (χ0n) is 10.7. The second kappa shape index (κ2) is 5.44. The molecule has 0 heterocycles. The highest BCUT2D eigenvalue weighted by molar-refractivity contribution is 5.98. The number of benzene rings is 2. The van der Waals surface area contributed by atoms with Gasteiger partial charge in [-0.25, -0.2) is 4.79 Å². The summed E-state index contributed by atoms with van der Waals surface area (Å²) in [5, 5.41) is 0. The van der Waals surface area contributed by atoms with Gasteiger partial charge in [0.05, 0.1) is 16.9 Å². The predicted octanol–water partition coefficient (Wildman–Crippen LogP) is 2.52. The summed E-state index contributed by atoms with van der Waals surface area (Å²) < 4.78 is 5.23. The molecule has 4 heteroatoms. The number of anilines is 2. The van der Waals surface area contributed by atoms with E-state index in [9.17, 15) is 4.79 Å². The minimum absolute atomic E-state index is 0.215. The van der Waals surface area contributed by atoms with Gasteiger partial charge < -0.3 is 16.2 Å². The largest absolute Gasteiger partial charge is 0.457 e. The van der Waals surface area contributed by atoms with Crippen molar-refractivity contribution in [2.24, 2.45) is 0 Å². The first-order valence-corrected chi connectivity index (χ1v) is 5.94. The van der Waals surface area contributed by atoms with Gasteiger partial charge in [-0.1, -0.05) is 30.3 Å². The van der Waals surface area contributed by atoms with E-state index in [0.717, 1.165) is 11.1 Å². The van der Waals surface area contributed by atoms with Crippen molar-refractivity contribution in [3.05, 3.63) is 59.2 Å². The summed E-state index contributed by atoms with van der Waals surface area (Å²) in [4.78, 5) is 12.0. The molecule has 0 aliphatic rings. The Labute approximate surface area is 112 Å². The van der Waals surface area contributed by atoms with Gasteiger partial charge >= 0.3 is 5.97 Å². The Hall–Kier alpha value is -2.49. The van der Waals surface area contributed by atoms with Crippen LogP contribution in [0.3, 0.4) is 0 Å². The van der Waals surface area contributed by atoms with Crippen LogP contribution in [0.1, 0.15) is 21.5 Å². The van der Waals surface area contributed by atoms with Crippen LogP contribution in [-0.4, -0.2) is 5.97 Å². The fraction of sp³-hybridized carbons (Fsp3) is 0.133. The van der Waals surface area contributed by atoms with Gasteiger partial charge in [0.15, 0.2) is 0 Å². The Morgan fingerprint density at radius 1 is 1.16 bits per heavy atom. The number of hydrogen-bond acceptors (Lipinski definition) is 4. The standard InChI is InChI=1S/C15H16N2O2/c1-10-7-12(14(17)13(16)8-10)15(18)19-9-11-5-3-2-4-6-11/h2-8H,9,16-17H2,1H3. The van der Waals surface area contributed by atoms with Crippen molar-refractivity contribution in [3.8, 4) is 0 Å². The van der Waals surface area contributed by atoms with Crippen molar-refractivity contribution in [1.82, 2.24) is 0 Å². The zero-order valence-corrected chi connectivity index (χ0v) is 10.7. The monoisotopic (exact) mass is 256 g/mol. The second-order valence-corrected chi connectivity index (χ2v) is 4.38. The number of esters is 1. The van der Waals surface area contributed by atoms with E-state index < -0.39 is 5.97 Å². The molecule has 98 valence electrons. The van der Waals surface area contributed by atoms with E-state index in [1.807, 2.05) is 37.3 Å². The number of nitrogens with two attached hydrogens (primary N) is 2. The van der Waals surface area contributed by atoms with Gasteiger partial charge in [0, 0.05) is 0 Å². The molecule has 4 N–H and O–H groups in total. The van der Waals surface area contributed by atoms with Gasteiger partial charge in [-0.3, -0.25) is 0 Å². The third-order valence-corrected chi connectivity index (χ3v) is 2.79. The van der Waals surface area contributed by atoms with E-state index in [1.165, 1.54) is 0 Å². The number of nitrogen functional groups attached to an aromatic ring is 2. The van der Waals surface area contributed by atoms with Gasteiger partial charge in [-0.15, -0.1) is 0 Å². The average Bonchev–Trinajstić information content (AvgIpc) is 2.41. The van der Waals surface area contributed by atoms with Crippen LogP contribution < -0.4 is 11.5 Å². The lowest BCUT2D eigenvalue weighted by molar-refractivity contribution is 0.0474. The number of rotatable bonds is 3. The summed E-state index contributed by atoms with van der Waals surface area (Å²) in [5.41, 5.74) is 14.3. The maximum atomic E-state index is 12.0. The molecule has 0 atom stereocenters. The van der Waals surface area contributed by atoms with Crippen LogP contribution in [-0.2, 0) is 11.3 Å². The van der Waals surface area contributed by atoms with Crippen LogP contribution in [0.2, 0.25) is 0 Å². The summed E-state index contributed by atoms with van der Waals surface area (Å²) >= 11 is 0. The van der Waals surface area contributed by atoms with Gasteiger partial charge in [0.1, 0.15) is 6.61 Å². The first kappa shape index (κ1) is 13.0. The van der Waals surface area contributed by atoms with Crippen LogP contribution in [0.4, 0.5) is 11.4 Å². The normalized spacial score (nSPS) is 10.2. The Morgan fingerprint density at radius 2 is 1.84 bits per heavy atom. The van der Waals surface area contributed by atoms with Gasteiger partial charge in [0.25, 0.3) is 0 Å². The number of aryl methyl sites for hydroxylation is 1. The quantitative estimate of drug-likeness (QED) is 0.653. The summed E-state index contributed by atoms with van der Waals surface area (Å²) in [6.45, 7) is 2.07. The molecule has 2 rings (SSSR count). The highest BCUT2D eigenvalue weighted by Crippen LogP contribution is 2.23. The molecule has 0 aliphatic carbocycles. The average molecular weight is 256 g/mol. The van der Waals surface area contributed by atoms with Crippen LogP contribution in [0.15, 0.2) is 42.5 Å². The zero-order chi connectivity index (χ0) is 13.8. The lowest BCUT2D eigenvalue weighted by Crippen LogP contribution is -2.10. The fourth-order valence-electron chi connectivity index (χ4n) is 1.80. The molecule has 0 radical (unpaired) electrons. The van der Waals surface area contributed by atoms with E-state index in [4.69, 9.17) is 16.2 Å². The lowest BCUT2D eigenvalue weighted by atomic mass is 10.1. The van der Waals surface area contributed by atoms with Crippen LogP contribution >= 0.6 is 0 Å². The Kier molecular flexibility index (Phi) is 3.71. The minimum Gasteiger partial charge on any atom is -0.457 e. The van der Waals surface area contributed by atoms with E-state index in [1.54, 1.807) is 12.1 Å². The summed E-state index contributed by atoms with van der Waals surface area (Å²) in [6.07, 6.45) is 0. The van der Waals surface area contributed by atoms with Crippen LogP contribution in [0.5, 0.6) is 0 Å². The van der Waals surface area contributed by atoms with Crippen molar-refractivity contribution in [2.75, 3.05) is 11.5 Å². The van der Waals surface area contributed by atoms with Gasteiger partial charge in [0.2, 0.25) is 0 Å². The van der Waals surface area contributed by atoms with E-state index in [2.05, 4.69) is 0 Å². The Bertz CT molecular complexity index is 595. The highest BCUT2D eigenvalue weighted by atomic mass is 16.5. The SMILES string of the molecule is Cc1cc(N)c(N)c(C(=O)OCc2ccccc2)c1. The molecule has 0 aliphatic heterocycles. The van der Waals surface area contributed by atoms with Gasteiger partial charge in [-0.05, 0) is 30.2 Å². The highest BCUT2D eigenvalue weighted by Gasteiger charge is 2.14. The molecule has 0 fully saturated rings. The van der Waals surface area contributed by atoms with Crippen molar-refractivity contribution in [3.63, 3.8) is 0 Å². The maximum absolute atomic E-state index is 12.0. The van der Waals surface area contributed by atoms with Crippen molar-refractivity contribution in [2.45, 2.75) is 13.5 Å². The van der Waals surface area contributed by atoms with Crippen molar-refractivity contribution in [1.29, 1.82) is 0 Å². The predicted molar refractivity (Wildman–Crippen MR) is 75.6 cm³/mol. The molecule has 2 aromatic rings. The number of ether oxygens (including phenoxy) is 1. The summed E-state index contributed by atoms with van der Waals surface area (Å²) in [7, 11) is 0. The van der Waals surface area contributed by atoms with Crippen LogP contribution in [0, 0.1) is 6.92 Å². The molecular formula is C15H16N2O2. The minimum atomic E-state index is -0.461. The molecule has 4 nitrogen and oxygen atoms in total. The lowest BCUT2D eigenvalue weighted by Gasteiger charge is -2.10. The van der Waals surface area contributed by atoms with Crippen LogP contribution in [0.25, 0.3) is 0 Å². The fourth-order valence-corrected chi connectivity index (χ4v) is 1.80. The molecule has 0 aromatic heterocycles. The van der Waals surface area contributed by atoms with Crippen molar-refractivity contribution < 1.29 is 9.53 Å².